The number of nitrogens with one attached hydrogen (secondary N) is 1. The van der Waals surface area contributed by atoms with Crippen LogP contribution < -0.4 is 5.32 Å². The van der Waals surface area contributed by atoms with Crippen molar-refractivity contribution in [2.45, 2.75) is 18.6 Å². The minimum Gasteiger partial charge on any atom is -0.362 e. The number of rotatable bonds is 3. The van der Waals surface area contributed by atoms with Crippen LogP contribution >= 0.6 is 0 Å². The maximum atomic E-state index is 11.8. The van der Waals surface area contributed by atoms with Crippen LogP contribution in [0.1, 0.15) is 6.42 Å². The molecule has 1 amide bonds. The fourth-order valence-corrected chi connectivity index (χ4v) is 2.50. The highest BCUT2D eigenvalue weighted by molar-refractivity contribution is 5.78. The molecule has 0 radical (unpaired) electrons. The van der Waals surface area contributed by atoms with Crippen LogP contribution in [0.15, 0.2) is 0 Å². The maximum Gasteiger partial charge on any atom is 0.411 e. The number of fused-ring (bicyclic) bond motifs is 1. The Morgan fingerprint density at radius 2 is 2.18 bits per heavy atom. The Balaban J connectivity index is 1.77. The largest absolute Gasteiger partial charge is 0.411 e. The number of nitrogens with zero attached hydrogens (tertiary/aromatic N) is 1. The molecule has 2 rings (SSSR count). The van der Waals surface area contributed by atoms with Gasteiger partial charge in [0.2, 0.25) is 5.91 Å². The number of carbonyl (C=O) groups is 1. The Morgan fingerprint density at radius 3 is 2.88 bits per heavy atom. The summed E-state index contributed by atoms with van der Waals surface area (Å²) in [6.07, 6.45) is -3.45. The van der Waals surface area contributed by atoms with Gasteiger partial charge in [-0.25, -0.2) is 0 Å². The molecule has 0 aliphatic carbocycles. The van der Waals surface area contributed by atoms with Gasteiger partial charge < -0.3 is 15.0 Å². The molecule has 7 heteroatoms. The highest BCUT2D eigenvalue weighted by atomic mass is 19.4. The summed E-state index contributed by atoms with van der Waals surface area (Å²) in [6.45, 7) is 0.403. The van der Waals surface area contributed by atoms with Crippen LogP contribution in [0.4, 0.5) is 13.2 Å². The number of hydrogen-bond acceptors (Lipinski definition) is 3. The van der Waals surface area contributed by atoms with Crippen LogP contribution in [-0.2, 0) is 9.53 Å². The third-order valence-electron chi connectivity index (χ3n) is 3.26. The summed E-state index contributed by atoms with van der Waals surface area (Å²) in [6, 6.07) is 0.136. The molecular weight excluding hydrogens is 237 g/mol. The fourth-order valence-electron chi connectivity index (χ4n) is 2.50. The number of ether oxygens (including phenoxy) is 1. The first-order valence-electron chi connectivity index (χ1n) is 5.62. The monoisotopic (exact) mass is 252 g/mol. The third kappa shape index (κ3) is 3.10. The van der Waals surface area contributed by atoms with Crippen molar-refractivity contribution >= 4 is 5.91 Å². The van der Waals surface area contributed by atoms with Gasteiger partial charge in [-0.2, -0.15) is 13.2 Å². The van der Waals surface area contributed by atoms with Crippen molar-refractivity contribution in [3.05, 3.63) is 0 Å². The van der Waals surface area contributed by atoms with E-state index >= 15 is 0 Å². The first-order valence-corrected chi connectivity index (χ1v) is 5.62. The SMILES string of the molecule is O=C(COCC(F)(F)F)N1CC[C@H]2CNC[C@H]21. The Kier molecular flexibility index (Phi) is 3.58. The lowest BCUT2D eigenvalue weighted by Crippen LogP contribution is -2.41. The van der Waals surface area contributed by atoms with Gasteiger partial charge in [-0.1, -0.05) is 0 Å². The molecule has 4 nitrogen and oxygen atoms in total. The zero-order valence-electron chi connectivity index (χ0n) is 9.29. The van der Waals surface area contributed by atoms with Crippen molar-refractivity contribution in [1.82, 2.24) is 10.2 Å². The highest BCUT2D eigenvalue weighted by Crippen LogP contribution is 2.27. The van der Waals surface area contributed by atoms with Crippen LogP contribution in [0, 0.1) is 5.92 Å². The molecule has 2 aliphatic rings. The van der Waals surface area contributed by atoms with Gasteiger partial charge in [0.05, 0.1) is 0 Å². The van der Waals surface area contributed by atoms with E-state index in [1.54, 1.807) is 4.90 Å². The zero-order valence-corrected chi connectivity index (χ0v) is 9.29. The topological polar surface area (TPSA) is 41.6 Å². The molecule has 98 valence electrons. The van der Waals surface area contributed by atoms with Crippen molar-refractivity contribution < 1.29 is 22.7 Å². The smallest absolute Gasteiger partial charge is 0.362 e. The van der Waals surface area contributed by atoms with E-state index in [0.717, 1.165) is 19.5 Å². The average Bonchev–Trinajstić information content (AvgIpc) is 2.74. The average molecular weight is 252 g/mol. The highest BCUT2D eigenvalue weighted by Gasteiger charge is 2.40. The Hall–Kier alpha value is -0.820. The molecule has 0 unspecified atom stereocenters. The molecule has 0 aromatic carbocycles. The van der Waals surface area contributed by atoms with E-state index in [0.29, 0.717) is 12.5 Å². The first-order chi connectivity index (χ1) is 7.97. The van der Waals surface area contributed by atoms with Gasteiger partial charge in [0.25, 0.3) is 0 Å². The minimum absolute atomic E-state index is 0.136. The maximum absolute atomic E-state index is 11.8. The van der Waals surface area contributed by atoms with Gasteiger partial charge in [0, 0.05) is 25.7 Å². The lowest BCUT2D eigenvalue weighted by Gasteiger charge is -2.23. The third-order valence-corrected chi connectivity index (χ3v) is 3.26. The predicted octanol–water partition coefficient (Wildman–Crippen LogP) is 0.386. The van der Waals surface area contributed by atoms with Gasteiger partial charge >= 0.3 is 6.18 Å². The Morgan fingerprint density at radius 1 is 1.41 bits per heavy atom. The normalized spacial score (nSPS) is 28.5. The van der Waals surface area contributed by atoms with Crippen molar-refractivity contribution in [1.29, 1.82) is 0 Å². The second kappa shape index (κ2) is 4.81. The van der Waals surface area contributed by atoms with Crippen LogP contribution in [0.25, 0.3) is 0 Å². The predicted molar refractivity (Wildman–Crippen MR) is 53.4 cm³/mol. The number of halogens is 3. The summed E-state index contributed by atoms with van der Waals surface area (Å²) in [7, 11) is 0. The minimum atomic E-state index is -4.37. The molecule has 17 heavy (non-hydrogen) atoms. The summed E-state index contributed by atoms with van der Waals surface area (Å²) < 4.78 is 39.9. The number of amides is 1. The molecule has 2 heterocycles. The second-order valence-electron chi connectivity index (χ2n) is 4.47. The van der Waals surface area contributed by atoms with E-state index < -0.39 is 19.4 Å². The van der Waals surface area contributed by atoms with E-state index in [9.17, 15) is 18.0 Å². The fraction of sp³-hybridized carbons (Fsp3) is 0.900. The molecule has 0 bridgehead atoms. The van der Waals surface area contributed by atoms with Crippen molar-refractivity contribution in [3.63, 3.8) is 0 Å². The van der Waals surface area contributed by atoms with Gasteiger partial charge in [0.1, 0.15) is 13.2 Å². The van der Waals surface area contributed by atoms with E-state index in [-0.39, 0.29) is 11.9 Å². The Bertz CT molecular complexity index is 296. The first kappa shape index (κ1) is 12.6. The number of carbonyl (C=O) groups excluding carboxylic acids is 1. The summed E-state index contributed by atoms with van der Waals surface area (Å²) >= 11 is 0. The second-order valence-corrected chi connectivity index (χ2v) is 4.47. The molecule has 2 saturated heterocycles. The van der Waals surface area contributed by atoms with Gasteiger partial charge in [0.15, 0.2) is 0 Å². The number of alkyl halides is 3. The Labute approximate surface area is 97.1 Å². The van der Waals surface area contributed by atoms with Crippen LogP contribution in [0.2, 0.25) is 0 Å². The molecule has 1 N–H and O–H groups in total. The molecule has 0 aromatic rings. The van der Waals surface area contributed by atoms with Gasteiger partial charge in [-0.3, -0.25) is 4.79 Å². The van der Waals surface area contributed by atoms with E-state index in [4.69, 9.17) is 0 Å². The molecular formula is C10H15F3N2O2. The van der Waals surface area contributed by atoms with E-state index in [1.165, 1.54) is 0 Å². The summed E-state index contributed by atoms with van der Waals surface area (Å²) in [5, 5.41) is 3.17. The molecule has 0 saturated carbocycles. The van der Waals surface area contributed by atoms with Crippen molar-refractivity contribution in [2.24, 2.45) is 5.92 Å². The van der Waals surface area contributed by atoms with E-state index in [2.05, 4.69) is 10.1 Å². The molecule has 2 atom stereocenters. The lowest BCUT2D eigenvalue weighted by atomic mass is 10.1. The number of hydrogen-bond donors (Lipinski definition) is 1. The molecule has 0 aromatic heterocycles. The summed E-state index contributed by atoms with van der Waals surface area (Å²) in [4.78, 5) is 13.3. The standard InChI is InChI=1S/C10H15F3N2O2/c11-10(12,13)6-17-5-9(16)15-2-1-7-3-14-4-8(7)15/h7-8,14H,1-6H2/t7-,8+/m0/s1. The van der Waals surface area contributed by atoms with Gasteiger partial charge in [-0.15, -0.1) is 0 Å². The summed E-state index contributed by atoms with van der Waals surface area (Å²) in [5.74, 6) is 0.104. The molecule has 0 spiro atoms. The van der Waals surface area contributed by atoms with Crippen molar-refractivity contribution in [2.75, 3.05) is 32.8 Å². The van der Waals surface area contributed by atoms with Crippen LogP contribution in [0.5, 0.6) is 0 Å². The van der Waals surface area contributed by atoms with Crippen molar-refractivity contribution in [3.8, 4) is 0 Å². The lowest BCUT2D eigenvalue weighted by molar-refractivity contribution is -0.178. The molecule has 2 aliphatic heterocycles. The van der Waals surface area contributed by atoms with E-state index in [1.807, 2.05) is 0 Å². The summed E-state index contributed by atoms with van der Waals surface area (Å²) in [5.41, 5.74) is 0. The van der Waals surface area contributed by atoms with Gasteiger partial charge in [-0.05, 0) is 12.3 Å². The zero-order chi connectivity index (χ0) is 12.5. The quantitative estimate of drug-likeness (QED) is 0.790. The number of likely N-dealkylation sites (tertiary alicyclic amines) is 1. The molecule has 2 fully saturated rings. The van der Waals surface area contributed by atoms with Crippen LogP contribution in [-0.4, -0.2) is 55.9 Å². The van der Waals surface area contributed by atoms with Crippen LogP contribution in [0.3, 0.4) is 0 Å².